The maximum Gasteiger partial charge on any atom is 0.101 e. The number of pyridine rings is 1. The van der Waals surface area contributed by atoms with Crippen LogP contribution in [0.4, 0.5) is 5.69 Å². The summed E-state index contributed by atoms with van der Waals surface area (Å²) >= 11 is 0. The Bertz CT molecular complexity index is 830. The van der Waals surface area contributed by atoms with Crippen LogP contribution in [0.2, 0.25) is 0 Å². The molecule has 5 heteroatoms. The summed E-state index contributed by atoms with van der Waals surface area (Å²) in [5.74, 6) is 0. The minimum atomic E-state index is 0.189. The molecule has 0 spiro atoms. The molecule has 3 heterocycles. The normalized spacial score (nSPS) is 27.0. The minimum absolute atomic E-state index is 0.189. The first-order valence-electron chi connectivity index (χ1n) is 9.58. The third kappa shape index (κ3) is 3.27. The zero-order valence-electron chi connectivity index (χ0n) is 15.6. The van der Waals surface area contributed by atoms with Crippen LogP contribution >= 0.6 is 0 Å². The first-order chi connectivity index (χ1) is 12.7. The van der Waals surface area contributed by atoms with E-state index < -0.39 is 0 Å². The molecular weight excluding hydrogens is 324 g/mol. The highest BCUT2D eigenvalue weighted by atomic mass is 16.5. The maximum atomic E-state index is 9.38. The number of rotatable bonds is 3. The number of anilines is 1. The molecule has 3 atom stereocenters. The summed E-state index contributed by atoms with van der Waals surface area (Å²) in [4.78, 5) is 9.41. The fourth-order valence-electron chi connectivity index (χ4n) is 4.39. The van der Waals surface area contributed by atoms with E-state index in [1.807, 2.05) is 12.1 Å². The number of fused-ring (bicyclic) bond motifs is 1. The zero-order chi connectivity index (χ0) is 18.1. The zero-order valence-corrected chi connectivity index (χ0v) is 15.6. The van der Waals surface area contributed by atoms with Gasteiger partial charge in [-0.3, -0.25) is 9.88 Å². The number of ether oxygens (including phenoxy) is 1. The highest BCUT2D eigenvalue weighted by Crippen LogP contribution is 2.30. The Kier molecular flexibility index (Phi) is 4.80. The van der Waals surface area contributed by atoms with Crippen LogP contribution in [0.3, 0.4) is 0 Å². The Morgan fingerprint density at radius 2 is 2.15 bits per heavy atom. The van der Waals surface area contributed by atoms with Gasteiger partial charge >= 0.3 is 0 Å². The average Bonchev–Trinajstić information content (AvgIpc) is 3.05. The molecule has 5 nitrogen and oxygen atoms in total. The molecule has 136 valence electrons. The molecule has 1 aromatic carbocycles. The van der Waals surface area contributed by atoms with Crippen LogP contribution in [0.15, 0.2) is 30.5 Å². The lowest BCUT2D eigenvalue weighted by Gasteiger charge is -2.40. The molecule has 0 N–H and O–H groups in total. The van der Waals surface area contributed by atoms with Gasteiger partial charge < -0.3 is 9.64 Å². The molecule has 0 unspecified atom stereocenters. The highest BCUT2D eigenvalue weighted by Gasteiger charge is 2.30. The summed E-state index contributed by atoms with van der Waals surface area (Å²) in [7, 11) is 0. The third-order valence-corrected chi connectivity index (χ3v) is 5.66. The number of nitriles is 1. The second-order valence-corrected chi connectivity index (χ2v) is 7.60. The van der Waals surface area contributed by atoms with E-state index in [9.17, 15) is 5.26 Å². The van der Waals surface area contributed by atoms with Crippen LogP contribution in [-0.2, 0) is 4.74 Å². The van der Waals surface area contributed by atoms with Crippen molar-refractivity contribution in [1.82, 2.24) is 9.88 Å². The number of benzene rings is 1. The summed E-state index contributed by atoms with van der Waals surface area (Å²) in [6.07, 6.45) is 4.74. The highest BCUT2D eigenvalue weighted by molar-refractivity contribution is 5.95. The van der Waals surface area contributed by atoms with Gasteiger partial charge in [0.15, 0.2) is 0 Å². The average molecular weight is 350 g/mol. The maximum absolute atomic E-state index is 9.38. The molecular formula is C21H26N4O. The van der Waals surface area contributed by atoms with Gasteiger partial charge in [0.05, 0.1) is 23.3 Å². The smallest absolute Gasteiger partial charge is 0.101 e. The van der Waals surface area contributed by atoms with Crippen molar-refractivity contribution in [2.24, 2.45) is 0 Å². The second kappa shape index (κ2) is 7.22. The number of nitrogens with zero attached hydrogens (tertiary/aromatic N) is 4. The number of likely N-dealkylation sites (tertiary alicyclic amines) is 1. The molecule has 2 saturated heterocycles. The summed E-state index contributed by atoms with van der Waals surface area (Å²) in [5.41, 5.74) is 2.58. The van der Waals surface area contributed by atoms with Crippen LogP contribution < -0.4 is 4.90 Å². The van der Waals surface area contributed by atoms with Crippen molar-refractivity contribution < 1.29 is 4.74 Å². The Hall–Kier alpha value is -2.16. The molecule has 2 fully saturated rings. The topological polar surface area (TPSA) is 52.4 Å². The van der Waals surface area contributed by atoms with Crippen LogP contribution in [0, 0.1) is 11.3 Å². The van der Waals surface area contributed by atoms with Crippen LogP contribution in [0.5, 0.6) is 0 Å². The van der Waals surface area contributed by atoms with Gasteiger partial charge in [0, 0.05) is 42.9 Å². The predicted molar refractivity (Wildman–Crippen MR) is 103 cm³/mol. The number of hydrogen-bond donors (Lipinski definition) is 0. The lowest BCUT2D eigenvalue weighted by atomic mass is 10.1. The Balaban J connectivity index is 1.61. The van der Waals surface area contributed by atoms with Crippen molar-refractivity contribution in [3.8, 4) is 6.07 Å². The van der Waals surface area contributed by atoms with Crippen molar-refractivity contribution in [1.29, 1.82) is 5.26 Å². The monoisotopic (exact) mass is 350 g/mol. The standard InChI is InChI=1S/C21H26N4O/c1-15-5-4-10-24(15)13-18-14-25(12-16(2)26-18)20-8-7-17(11-22)21-19(20)6-3-9-23-21/h3,6-9,15-16,18H,4-5,10,12-14H2,1-2H3/t15-,16-,18-/m1/s1. The van der Waals surface area contributed by atoms with Crippen molar-refractivity contribution in [3.63, 3.8) is 0 Å². The van der Waals surface area contributed by atoms with Crippen LogP contribution in [0.25, 0.3) is 10.9 Å². The molecule has 0 saturated carbocycles. The number of hydrogen-bond acceptors (Lipinski definition) is 5. The molecule has 2 aliphatic rings. The molecule has 2 aromatic rings. The van der Waals surface area contributed by atoms with Gasteiger partial charge in [0.25, 0.3) is 0 Å². The van der Waals surface area contributed by atoms with Crippen molar-refractivity contribution in [2.45, 2.75) is 44.9 Å². The summed E-state index contributed by atoms with van der Waals surface area (Å²) in [5, 5.41) is 10.4. The molecule has 1 aromatic heterocycles. The molecule has 4 rings (SSSR count). The fraction of sp³-hybridized carbons (Fsp3) is 0.524. The third-order valence-electron chi connectivity index (χ3n) is 5.66. The van der Waals surface area contributed by atoms with Gasteiger partial charge in [-0.1, -0.05) is 0 Å². The lowest BCUT2D eigenvalue weighted by Crippen LogP contribution is -2.51. The first-order valence-corrected chi connectivity index (χ1v) is 9.58. The summed E-state index contributed by atoms with van der Waals surface area (Å²) < 4.78 is 6.25. The molecule has 26 heavy (non-hydrogen) atoms. The van der Waals surface area contributed by atoms with Crippen molar-refractivity contribution in [2.75, 3.05) is 31.1 Å². The van der Waals surface area contributed by atoms with Crippen LogP contribution in [0.1, 0.15) is 32.3 Å². The van der Waals surface area contributed by atoms with Gasteiger partial charge in [0.1, 0.15) is 6.07 Å². The van der Waals surface area contributed by atoms with Crippen molar-refractivity contribution >= 4 is 16.6 Å². The fourth-order valence-corrected chi connectivity index (χ4v) is 4.39. The number of morpholine rings is 1. The first kappa shape index (κ1) is 17.3. The summed E-state index contributed by atoms with van der Waals surface area (Å²) in [6.45, 7) is 8.38. The largest absolute Gasteiger partial charge is 0.370 e. The van der Waals surface area contributed by atoms with Gasteiger partial charge in [-0.2, -0.15) is 5.26 Å². The van der Waals surface area contributed by atoms with Crippen LogP contribution in [-0.4, -0.2) is 54.3 Å². The van der Waals surface area contributed by atoms with E-state index >= 15 is 0 Å². The molecule has 0 amide bonds. The molecule has 2 aliphatic heterocycles. The van der Waals surface area contributed by atoms with E-state index in [2.05, 4.69) is 46.8 Å². The Morgan fingerprint density at radius 3 is 2.92 bits per heavy atom. The van der Waals surface area contributed by atoms with Gasteiger partial charge in [-0.25, -0.2) is 0 Å². The van der Waals surface area contributed by atoms with Gasteiger partial charge in [0.2, 0.25) is 0 Å². The van der Waals surface area contributed by atoms with E-state index in [1.165, 1.54) is 19.4 Å². The van der Waals surface area contributed by atoms with E-state index in [4.69, 9.17) is 4.74 Å². The number of aromatic nitrogens is 1. The summed E-state index contributed by atoms with van der Waals surface area (Å²) in [6, 6.07) is 10.9. The molecule has 0 aliphatic carbocycles. The Labute approximate surface area is 155 Å². The SMILES string of the molecule is C[C@@H]1CN(c2ccc(C#N)c3ncccc23)C[C@@H](CN2CCC[C@H]2C)O1. The van der Waals surface area contributed by atoms with Gasteiger partial charge in [-0.15, -0.1) is 0 Å². The molecule has 0 bridgehead atoms. The van der Waals surface area contributed by atoms with E-state index in [-0.39, 0.29) is 12.2 Å². The van der Waals surface area contributed by atoms with E-state index in [1.54, 1.807) is 6.20 Å². The predicted octanol–water partition coefficient (Wildman–Crippen LogP) is 3.18. The van der Waals surface area contributed by atoms with E-state index in [0.29, 0.717) is 11.6 Å². The lowest BCUT2D eigenvalue weighted by molar-refractivity contribution is -0.0331. The Morgan fingerprint density at radius 1 is 1.27 bits per heavy atom. The van der Waals surface area contributed by atoms with E-state index in [0.717, 1.165) is 36.2 Å². The molecule has 0 radical (unpaired) electrons. The van der Waals surface area contributed by atoms with Gasteiger partial charge in [-0.05, 0) is 57.5 Å². The van der Waals surface area contributed by atoms with Crippen molar-refractivity contribution in [3.05, 3.63) is 36.0 Å². The second-order valence-electron chi connectivity index (χ2n) is 7.60. The minimum Gasteiger partial charge on any atom is -0.370 e. The quantitative estimate of drug-likeness (QED) is 0.851.